The molecule has 0 saturated heterocycles. The summed E-state index contributed by atoms with van der Waals surface area (Å²) < 4.78 is 4.63. The zero-order chi connectivity index (χ0) is 11.4. The monoisotopic (exact) mass is 196 g/mol. The average molecular weight is 196 g/mol. The van der Waals surface area contributed by atoms with Crippen molar-refractivity contribution in [2.24, 2.45) is 0 Å². The van der Waals surface area contributed by atoms with Gasteiger partial charge in [0.25, 0.3) is 5.78 Å². The van der Waals surface area contributed by atoms with E-state index in [9.17, 15) is 9.59 Å². The van der Waals surface area contributed by atoms with Gasteiger partial charge in [0, 0.05) is 6.92 Å². The molecule has 0 bridgehead atoms. The molecule has 0 amide bonds. The Morgan fingerprint density at radius 3 is 2.29 bits per heavy atom. The first-order valence-electron chi connectivity index (χ1n) is 3.74. The van der Waals surface area contributed by atoms with Gasteiger partial charge in [-0.15, -0.1) is 0 Å². The first kappa shape index (κ1) is 12.0. The van der Waals surface area contributed by atoms with Crippen LogP contribution in [-0.4, -0.2) is 27.9 Å². The van der Waals surface area contributed by atoms with E-state index in [2.05, 4.69) is 9.53 Å². The number of rotatable bonds is 3. The molecule has 0 aliphatic rings. The van der Waals surface area contributed by atoms with E-state index in [0.29, 0.717) is 0 Å². The van der Waals surface area contributed by atoms with Crippen molar-refractivity contribution in [3.05, 3.63) is 0 Å². The molecule has 0 aliphatic carbocycles. The van der Waals surface area contributed by atoms with Crippen LogP contribution in [0.2, 0.25) is 0 Å². The number of nitriles is 1. The van der Waals surface area contributed by atoms with Crippen molar-refractivity contribution in [3.63, 3.8) is 0 Å². The molecular weight excluding hydrogens is 186 g/mol. The largest absolute Gasteiger partial charge is 0.490 e. The summed E-state index contributed by atoms with van der Waals surface area (Å²) in [4.78, 5) is 24.6. The molecule has 0 saturated carbocycles. The summed E-state index contributed by atoms with van der Waals surface area (Å²) in [5.74, 6) is -1.72. The predicted octanol–water partition coefficient (Wildman–Crippen LogP) is 0.101. The number of hydrogen-bond acceptors (Lipinski definition) is 5. The Balaban J connectivity index is 4.77. The van der Waals surface area contributed by atoms with Crippen LogP contribution in [0.1, 0.15) is 20.8 Å². The van der Waals surface area contributed by atoms with Crippen LogP contribution in [0.5, 0.6) is 0 Å². The third kappa shape index (κ3) is 3.17. The van der Waals surface area contributed by atoms with Crippen LogP contribution in [-0.2, 0) is 14.3 Å². The second kappa shape index (κ2) is 4.30. The van der Waals surface area contributed by atoms with Crippen LogP contribution in [0, 0.1) is 16.9 Å². The minimum Gasteiger partial charge on any atom is -0.435 e. The number of hydrogen-bond donors (Lipinski definition) is 1. The Morgan fingerprint density at radius 2 is 2.00 bits per heavy atom. The predicted molar refractivity (Wildman–Crippen MR) is 44.5 cm³/mol. The van der Waals surface area contributed by atoms with Crippen LogP contribution in [0.25, 0.3) is 0 Å². The lowest BCUT2D eigenvalue weighted by Gasteiger charge is -2.13. The van der Waals surface area contributed by atoms with Crippen LogP contribution in [0.15, 0.2) is 0 Å². The SMILES string of the molecule is CC(=O)C(=[N+]=N)C(=O)OC(C)(C)C#N. The van der Waals surface area contributed by atoms with E-state index in [1.165, 1.54) is 13.8 Å². The fraction of sp³-hybridized carbons (Fsp3) is 0.500. The number of ether oxygens (including phenoxy) is 1. The molecule has 1 N–H and O–H groups in total. The number of ketones is 1. The molecule has 6 heteroatoms. The Hall–Kier alpha value is -1.99. The second-order valence-corrected chi connectivity index (χ2v) is 3.03. The van der Waals surface area contributed by atoms with E-state index in [4.69, 9.17) is 10.8 Å². The highest BCUT2D eigenvalue weighted by Gasteiger charge is 2.35. The standard InChI is InChI=1S/C8H10N3O3/c1-5(12)6(11-10)7(13)14-8(2,3)4-9/h10H,1-3H3/q+1. The zero-order valence-corrected chi connectivity index (χ0v) is 8.12. The van der Waals surface area contributed by atoms with Crippen molar-refractivity contribution in [3.8, 4) is 6.07 Å². The quantitative estimate of drug-likeness (QED) is 0.227. The van der Waals surface area contributed by atoms with Crippen LogP contribution in [0.4, 0.5) is 0 Å². The van der Waals surface area contributed by atoms with Crippen molar-refractivity contribution < 1.29 is 19.1 Å². The van der Waals surface area contributed by atoms with E-state index in [1.54, 1.807) is 6.07 Å². The molecular formula is C8H10N3O3+. The summed E-state index contributed by atoms with van der Waals surface area (Å²) >= 11 is 0. The lowest BCUT2D eigenvalue weighted by atomic mass is 10.1. The molecule has 0 aromatic rings. The molecule has 0 aromatic carbocycles. The Bertz CT molecular complexity index is 359. The highest BCUT2D eigenvalue weighted by Crippen LogP contribution is 2.07. The zero-order valence-electron chi connectivity index (χ0n) is 8.12. The summed E-state index contributed by atoms with van der Waals surface area (Å²) in [6.07, 6.45) is 0. The third-order valence-electron chi connectivity index (χ3n) is 1.26. The maximum atomic E-state index is 11.1. The number of esters is 1. The highest BCUT2D eigenvalue weighted by molar-refractivity contribution is 6.61. The fourth-order valence-corrected chi connectivity index (χ4v) is 0.571. The first-order chi connectivity index (χ1) is 6.34. The maximum absolute atomic E-state index is 11.1. The minimum absolute atomic E-state index is 0.617. The molecule has 6 nitrogen and oxygen atoms in total. The highest BCUT2D eigenvalue weighted by atomic mass is 16.6. The smallest absolute Gasteiger partial charge is 0.435 e. The molecule has 0 unspecified atom stereocenters. The lowest BCUT2D eigenvalue weighted by molar-refractivity contribution is -0.161. The van der Waals surface area contributed by atoms with Gasteiger partial charge in [-0.1, -0.05) is 0 Å². The summed E-state index contributed by atoms with van der Waals surface area (Å²) in [5, 5.41) is 8.54. The lowest BCUT2D eigenvalue weighted by Crippen LogP contribution is -2.33. The second-order valence-electron chi connectivity index (χ2n) is 3.03. The summed E-state index contributed by atoms with van der Waals surface area (Å²) in [6, 6.07) is 1.72. The third-order valence-corrected chi connectivity index (χ3v) is 1.26. The van der Waals surface area contributed by atoms with Gasteiger partial charge in [0.2, 0.25) is 0 Å². The minimum atomic E-state index is -1.33. The van der Waals surface area contributed by atoms with E-state index in [1.807, 2.05) is 0 Å². The first-order valence-corrected chi connectivity index (χ1v) is 3.74. The molecule has 0 spiro atoms. The number of carbonyl (C=O) groups is 2. The summed E-state index contributed by atoms with van der Waals surface area (Å²) in [6.45, 7) is 3.83. The number of nitrogens with one attached hydrogen (secondary N) is 1. The Labute approximate surface area is 80.7 Å². The number of Topliss-reactive ketones (excluding diaryl/α,β-unsaturated/α-hetero) is 1. The van der Waals surface area contributed by atoms with Crippen molar-refractivity contribution in [1.82, 2.24) is 0 Å². The number of nitrogens with zero attached hydrogens (tertiary/aromatic N) is 2. The van der Waals surface area contributed by atoms with Gasteiger partial charge in [-0.3, -0.25) is 4.79 Å². The number of carbonyl (C=O) groups excluding carboxylic acids is 2. The molecule has 0 aliphatic heterocycles. The fourth-order valence-electron chi connectivity index (χ4n) is 0.571. The van der Waals surface area contributed by atoms with Gasteiger partial charge in [-0.05, 0) is 13.8 Å². The molecule has 0 radical (unpaired) electrons. The van der Waals surface area contributed by atoms with Crippen LogP contribution < -0.4 is 0 Å². The summed E-state index contributed by atoms with van der Waals surface area (Å²) in [5.41, 5.74) is 4.62. The maximum Gasteiger partial charge on any atom is 0.490 e. The molecule has 0 fully saturated rings. The molecule has 0 atom stereocenters. The topological polar surface area (TPSA) is 105 Å². The molecule has 74 valence electrons. The van der Waals surface area contributed by atoms with Gasteiger partial charge >= 0.3 is 11.7 Å². The van der Waals surface area contributed by atoms with Gasteiger partial charge < -0.3 is 4.74 Å². The molecule has 0 aromatic heterocycles. The van der Waals surface area contributed by atoms with E-state index in [0.717, 1.165) is 6.92 Å². The molecule has 0 rings (SSSR count). The van der Waals surface area contributed by atoms with Gasteiger partial charge in [-0.2, -0.15) is 5.26 Å². The van der Waals surface area contributed by atoms with Crippen molar-refractivity contribution in [2.45, 2.75) is 26.4 Å². The Kier molecular flexibility index (Phi) is 3.69. The average Bonchev–Trinajstić information content (AvgIpc) is 2.03. The van der Waals surface area contributed by atoms with Gasteiger partial charge in [0.05, 0.1) is 10.3 Å². The van der Waals surface area contributed by atoms with Gasteiger partial charge in [0.15, 0.2) is 5.60 Å². The van der Waals surface area contributed by atoms with Crippen LogP contribution in [0.3, 0.4) is 0 Å². The van der Waals surface area contributed by atoms with Crippen molar-refractivity contribution >= 4 is 17.5 Å². The molecule has 14 heavy (non-hydrogen) atoms. The van der Waals surface area contributed by atoms with Gasteiger partial charge in [0.1, 0.15) is 6.07 Å². The van der Waals surface area contributed by atoms with Crippen molar-refractivity contribution in [1.29, 1.82) is 10.8 Å². The van der Waals surface area contributed by atoms with E-state index < -0.39 is 23.1 Å². The van der Waals surface area contributed by atoms with E-state index >= 15 is 0 Å². The van der Waals surface area contributed by atoms with Gasteiger partial charge in [-0.25, -0.2) is 4.79 Å². The molecule has 0 heterocycles. The van der Waals surface area contributed by atoms with Crippen LogP contribution >= 0.6 is 0 Å². The Morgan fingerprint density at radius 1 is 1.50 bits per heavy atom. The summed E-state index contributed by atoms with van der Waals surface area (Å²) in [7, 11) is 0. The normalized spacial score (nSPS) is 9.57. The van der Waals surface area contributed by atoms with E-state index in [-0.39, 0.29) is 0 Å². The van der Waals surface area contributed by atoms with Crippen molar-refractivity contribution in [2.75, 3.05) is 0 Å².